The number of amides is 1. The third kappa shape index (κ3) is 4.39. The minimum absolute atomic E-state index is 0.0164. The van der Waals surface area contributed by atoms with Gasteiger partial charge in [-0.05, 0) is 44.0 Å². The molecule has 0 radical (unpaired) electrons. The molecular formula is C26H26N4O4S. The van der Waals surface area contributed by atoms with Crippen molar-refractivity contribution in [2.75, 3.05) is 23.9 Å². The number of aromatic nitrogens is 3. The van der Waals surface area contributed by atoms with E-state index in [9.17, 15) is 13.2 Å². The van der Waals surface area contributed by atoms with Crippen molar-refractivity contribution in [2.45, 2.75) is 26.3 Å². The van der Waals surface area contributed by atoms with E-state index in [1.807, 2.05) is 62.4 Å². The Balaban J connectivity index is 1.68. The maximum atomic E-state index is 13.6. The molecule has 1 unspecified atom stereocenters. The fourth-order valence-electron chi connectivity index (χ4n) is 4.58. The first-order chi connectivity index (χ1) is 16.8. The summed E-state index contributed by atoms with van der Waals surface area (Å²) in [5, 5.41) is 8.25. The first-order valence-corrected chi connectivity index (χ1v) is 13.2. The Labute approximate surface area is 203 Å². The third-order valence-electron chi connectivity index (χ3n) is 6.31. The number of ether oxygens (including phenoxy) is 1. The van der Waals surface area contributed by atoms with Crippen LogP contribution in [0.2, 0.25) is 0 Å². The number of pyridine rings is 1. The van der Waals surface area contributed by atoms with E-state index < -0.39 is 9.84 Å². The van der Waals surface area contributed by atoms with Crippen LogP contribution in [-0.4, -0.2) is 47.7 Å². The van der Waals surface area contributed by atoms with E-state index in [-0.39, 0.29) is 23.5 Å². The zero-order valence-electron chi connectivity index (χ0n) is 19.8. The molecule has 4 aromatic rings. The van der Waals surface area contributed by atoms with Gasteiger partial charge in [0.2, 0.25) is 0 Å². The van der Waals surface area contributed by atoms with Crippen molar-refractivity contribution < 1.29 is 17.9 Å². The smallest absolute Gasteiger partial charge is 0.256 e. The molecule has 1 fully saturated rings. The van der Waals surface area contributed by atoms with Crippen molar-refractivity contribution in [3.8, 4) is 17.0 Å². The minimum atomic E-state index is -3.13. The number of benzene rings is 2. The molecule has 1 atom stereocenters. The molecule has 1 amide bonds. The lowest BCUT2D eigenvalue weighted by atomic mass is 10.0. The fraction of sp³-hybridized carbons (Fsp3) is 0.269. The SMILES string of the molecule is COc1ccc(C)cc1NC(=O)c1cc(-c2ccccc2)nc2c1c(C)nn2C1CCS(=O)(=O)C1. The van der Waals surface area contributed by atoms with Gasteiger partial charge in [0.15, 0.2) is 15.5 Å². The second kappa shape index (κ2) is 8.81. The van der Waals surface area contributed by atoms with Crippen molar-refractivity contribution in [2.24, 2.45) is 0 Å². The number of carbonyl (C=O) groups excluding carboxylic acids is 1. The molecule has 1 aliphatic rings. The van der Waals surface area contributed by atoms with Gasteiger partial charge in [0.25, 0.3) is 5.91 Å². The standard InChI is InChI=1S/C26H26N4O4S/c1-16-9-10-23(34-3)22(13-16)28-26(31)20-14-21(18-7-5-4-6-8-18)27-25-24(20)17(2)29-30(25)19-11-12-35(32,33)15-19/h4-10,13-14,19H,11-12,15H2,1-3H3,(H,28,31). The molecule has 2 aromatic heterocycles. The van der Waals surface area contributed by atoms with E-state index in [4.69, 9.17) is 9.72 Å². The number of nitrogens with one attached hydrogen (secondary N) is 1. The average molecular weight is 491 g/mol. The quantitative estimate of drug-likeness (QED) is 0.447. The summed E-state index contributed by atoms with van der Waals surface area (Å²) >= 11 is 0. The Kier molecular flexibility index (Phi) is 5.80. The number of rotatable bonds is 5. The molecule has 9 heteroatoms. The molecule has 1 aliphatic heterocycles. The van der Waals surface area contributed by atoms with Crippen LogP contribution in [0.3, 0.4) is 0 Å². The number of anilines is 1. The van der Waals surface area contributed by atoms with Gasteiger partial charge in [-0.1, -0.05) is 36.4 Å². The molecule has 5 rings (SSSR count). The Hall–Kier alpha value is -3.72. The van der Waals surface area contributed by atoms with Crippen LogP contribution in [0, 0.1) is 13.8 Å². The highest BCUT2D eigenvalue weighted by Crippen LogP contribution is 2.33. The van der Waals surface area contributed by atoms with Crippen molar-refractivity contribution in [3.63, 3.8) is 0 Å². The number of methoxy groups -OCH3 is 1. The highest BCUT2D eigenvalue weighted by molar-refractivity contribution is 7.91. The fourth-order valence-corrected chi connectivity index (χ4v) is 6.27. The number of carbonyl (C=O) groups is 1. The normalized spacial score (nSPS) is 16.9. The zero-order chi connectivity index (χ0) is 24.7. The molecule has 0 spiro atoms. The highest BCUT2D eigenvalue weighted by Gasteiger charge is 2.32. The number of hydrogen-bond donors (Lipinski definition) is 1. The summed E-state index contributed by atoms with van der Waals surface area (Å²) in [5.74, 6) is 0.376. The Morgan fingerprint density at radius 1 is 1.11 bits per heavy atom. The molecule has 180 valence electrons. The molecule has 8 nitrogen and oxygen atoms in total. The number of sulfone groups is 1. The van der Waals surface area contributed by atoms with Gasteiger partial charge in [-0.2, -0.15) is 5.10 Å². The van der Waals surface area contributed by atoms with Gasteiger partial charge in [0.1, 0.15) is 5.75 Å². The van der Waals surface area contributed by atoms with Gasteiger partial charge in [0, 0.05) is 5.56 Å². The van der Waals surface area contributed by atoms with Gasteiger partial charge < -0.3 is 10.1 Å². The van der Waals surface area contributed by atoms with Crippen molar-refractivity contribution in [1.82, 2.24) is 14.8 Å². The number of hydrogen-bond acceptors (Lipinski definition) is 6. The lowest BCUT2D eigenvalue weighted by Crippen LogP contribution is -2.15. The number of nitrogens with zero attached hydrogens (tertiary/aromatic N) is 3. The Morgan fingerprint density at radius 2 is 1.89 bits per heavy atom. The number of aryl methyl sites for hydroxylation is 2. The van der Waals surface area contributed by atoms with Crippen LogP contribution in [0.15, 0.2) is 54.6 Å². The van der Waals surface area contributed by atoms with Crippen LogP contribution in [-0.2, 0) is 9.84 Å². The van der Waals surface area contributed by atoms with E-state index >= 15 is 0 Å². The summed E-state index contributed by atoms with van der Waals surface area (Å²) in [4.78, 5) is 18.5. The van der Waals surface area contributed by atoms with Crippen LogP contribution < -0.4 is 10.1 Å². The third-order valence-corrected chi connectivity index (χ3v) is 8.06. The molecule has 0 bridgehead atoms. The van der Waals surface area contributed by atoms with Crippen LogP contribution >= 0.6 is 0 Å². The molecule has 3 heterocycles. The van der Waals surface area contributed by atoms with Gasteiger partial charge in [0.05, 0.1) is 52.7 Å². The summed E-state index contributed by atoms with van der Waals surface area (Å²) in [6.07, 6.45) is 0.470. The highest BCUT2D eigenvalue weighted by atomic mass is 32.2. The predicted octanol–water partition coefficient (Wildman–Crippen LogP) is 4.34. The lowest BCUT2D eigenvalue weighted by molar-refractivity contribution is 0.102. The van der Waals surface area contributed by atoms with E-state index in [0.717, 1.165) is 11.1 Å². The summed E-state index contributed by atoms with van der Waals surface area (Å²) in [7, 11) is -1.57. The van der Waals surface area contributed by atoms with Crippen molar-refractivity contribution in [1.29, 1.82) is 0 Å². The number of fused-ring (bicyclic) bond motifs is 1. The van der Waals surface area contributed by atoms with Crippen molar-refractivity contribution >= 4 is 32.5 Å². The van der Waals surface area contributed by atoms with Crippen LogP contribution in [0.4, 0.5) is 5.69 Å². The molecule has 35 heavy (non-hydrogen) atoms. The van der Waals surface area contributed by atoms with Gasteiger partial charge in [-0.25, -0.2) is 18.1 Å². The van der Waals surface area contributed by atoms with Crippen molar-refractivity contribution in [3.05, 3.63) is 71.4 Å². The Morgan fingerprint density at radius 3 is 2.57 bits per heavy atom. The summed E-state index contributed by atoms with van der Waals surface area (Å²) in [6.45, 7) is 3.76. The molecule has 2 aromatic carbocycles. The molecule has 0 aliphatic carbocycles. The van der Waals surface area contributed by atoms with E-state index in [1.54, 1.807) is 17.9 Å². The van der Waals surface area contributed by atoms with E-state index in [1.165, 1.54) is 0 Å². The summed E-state index contributed by atoms with van der Waals surface area (Å²) < 4.78 is 31.5. The molecule has 1 N–H and O–H groups in total. The second-order valence-corrected chi connectivity index (χ2v) is 11.1. The molecular weight excluding hydrogens is 464 g/mol. The van der Waals surface area contributed by atoms with Crippen LogP contribution in [0.5, 0.6) is 5.75 Å². The van der Waals surface area contributed by atoms with E-state index in [0.29, 0.717) is 45.8 Å². The summed E-state index contributed by atoms with van der Waals surface area (Å²) in [5.41, 5.74) is 4.56. The van der Waals surface area contributed by atoms with E-state index in [2.05, 4.69) is 10.4 Å². The second-order valence-electron chi connectivity index (χ2n) is 8.86. The Bertz CT molecular complexity index is 1540. The maximum Gasteiger partial charge on any atom is 0.256 e. The first kappa shape index (κ1) is 23.0. The zero-order valence-corrected chi connectivity index (χ0v) is 20.6. The monoisotopic (exact) mass is 490 g/mol. The van der Waals surface area contributed by atoms with Crippen LogP contribution in [0.25, 0.3) is 22.3 Å². The maximum absolute atomic E-state index is 13.6. The van der Waals surface area contributed by atoms with Gasteiger partial charge in [-0.3, -0.25) is 4.79 Å². The van der Waals surface area contributed by atoms with Gasteiger partial charge in [-0.15, -0.1) is 0 Å². The summed E-state index contributed by atoms with van der Waals surface area (Å²) in [6, 6.07) is 16.6. The van der Waals surface area contributed by atoms with Gasteiger partial charge >= 0.3 is 0 Å². The van der Waals surface area contributed by atoms with Crippen LogP contribution in [0.1, 0.15) is 34.1 Å². The average Bonchev–Trinajstić information content (AvgIpc) is 3.37. The molecule has 0 saturated carbocycles. The topological polar surface area (TPSA) is 103 Å². The molecule has 1 saturated heterocycles. The first-order valence-electron chi connectivity index (χ1n) is 11.4. The minimum Gasteiger partial charge on any atom is -0.495 e. The predicted molar refractivity (Wildman–Crippen MR) is 136 cm³/mol. The largest absolute Gasteiger partial charge is 0.495 e. The lowest BCUT2D eigenvalue weighted by Gasteiger charge is -2.14.